The standard InChI is InChI=1S/C8H5ClN4/c9-6-1-3-7(4-2-6)12-13-8(11)5-10/h1-4,11H. The number of rotatable bonds is 1. The van der Waals surface area contributed by atoms with Gasteiger partial charge in [0.1, 0.15) is 6.07 Å². The Labute approximate surface area is 80.0 Å². The van der Waals surface area contributed by atoms with Gasteiger partial charge >= 0.3 is 0 Å². The normalized spacial score (nSPS) is 9.85. The SMILES string of the molecule is N#CC(=N)N=Nc1ccc(Cl)cc1. The topological polar surface area (TPSA) is 72.4 Å². The summed E-state index contributed by atoms with van der Waals surface area (Å²) in [7, 11) is 0. The van der Waals surface area contributed by atoms with Gasteiger partial charge in [-0.25, -0.2) is 0 Å². The zero-order valence-electron chi connectivity index (χ0n) is 6.53. The summed E-state index contributed by atoms with van der Waals surface area (Å²) < 4.78 is 0. The van der Waals surface area contributed by atoms with Gasteiger partial charge in [-0.1, -0.05) is 11.6 Å². The van der Waals surface area contributed by atoms with Crippen molar-refractivity contribution < 1.29 is 0 Å². The van der Waals surface area contributed by atoms with Crippen molar-refractivity contribution in [3.8, 4) is 6.07 Å². The third-order valence-electron chi connectivity index (χ3n) is 1.20. The molecule has 0 atom stereocenters. The Morgan fingerprint density at radius 3 is 2.54 bits per heavy atom. The lowest BCUT2D eigenvalue weighted by Crippen LogP contribution is -1.80. The van der Waals surface area contributed by atoms with E-state index < -0.39 is 5.84 Å². The van der Waals surface area contributed by atoms with Crippen LogP contribution in [0.25, 0.3) is 0 Å². The third kappa shape index (κ3) is 3.01. The van der Waals surface area contributed by atoms with Crippen molar-refractivity contribution in [2.75, 3.05) is 0 Å². The van der Waals surface area contributed by atoms with Gasteiger partial charge in [0, 0.05) is 5.02 Å². The van der Waals surface area contributed by atoms with E-state index in [1.165, 1.54) is 0 Å². The van der Waals surface area contributed by atoms with Crippen LogP contribution in [0.15, 0.2) is 34.5 Å². The Morgan fingerprint density at radius 1 is 1.38 bits per heavy atom. The zero-order valence-corrected chi connectivity index (χ0v) is 7.28. The highest BCUT2D eigenvalue weighted by Crippen LogP contribution is 2.16. The van der Waals surface area contributed by atoms with Gasteiger partial charge in [-0.05, 0) is 24.3 Å². The highest BCUT2D eigenvalue weighted by atomic mass is 35.5. The van der Waals surface area contributed by atoms with E-state index >= 15 is 0 Å². The van der Waals surface area contributed by atoms with E-state index in [0.717, 1.165) is 0 Å². The Kier molecular flexibility index (Phi) is 3.12. The number of amidine groups is 1. The molecule has 1 rings (SSSR count). The molecule has 0 radical (unpaired) electrons. The summed E-state index contributed by atoms with van der Waals surface area (Å²) in [6.07, 6.45) is 0. The van der Waals surface area contributed by atoms with Crippen molar-refractivity contribution in [3.63, 3.8) is 0 Å². The maximum Gasteiger partial charge on any atom is 0.245 e. The van der Waals surface area contributed by atoms with Crippen LogP contribution in [0, 0.1) is 16.7 Å². The van der Waals surface area contributed by atoms with Crippen LogP contribution < -0.4 is 0 Å². The number of halogens is 1. The molecule has 0 heterocycles. The van der Waals surface area contributed by atoms with Gasteiger partial charge in [-0.2, -0.15) is 5.26 Å². The highest BCUT2D eigenvalue weighted by Gasteiger charge is 1.90. The number of hydrogen-bond acceptors (Lipinski definition) is 3. The van der Waals surface area contributed by atoms with Crippen LogP contribution in [0.1, 0.15) is 0 Å². The first-order chi connectivity index (χ1) is 6.22. The molecule has 0 saturated heterocycles. The van der Waals surface area contributed by atoms with Gasteiger partial charge in [-0.15, -0.1) is 10.2 Å². The minimum atomic E-state index is -0.421. The molecule has 0 unspecified atom stereocenters. The van der Waals surface area contributed by atoms with Crippen molar-refractivity contribution in [2.45, 2.75) is 0 Å². The number of nitrogens with one attached hydrogen (secondary N) is 1. The predicted octanol–water partition coefficient (Wildman–Crippen LogP) is 2.92. The van der Waals surface area contributed by atoms with Gasteiger partial charge in [0.25, 0.3) is 0 Å². The van der Waals surface area contributed by atoms with E-state index in [0.29, 0.717) is 10.7 Å². The van der Waals surface area contributed by atoms with E-state index in [4.69, 9.17) is 22.3 Å². The second-order valence-corrected chi connectivity index (χ2v) is 2.57. The molecule has 0 aliphatic rings. The quantitative estimate of drug-likeness (QED) is 0.415. The maximum absolute atomic E-state index is 8.21. The highest BCUT2D eigenvalue weighted by molar-refractivity contribution is 6.30. The van der Waals surface area contributed by atoms with Crippen molar-refractivity contribution in [3.05, 3.63) is 29.3 Å². The maximum atomic E-state index is 8.21. The fourth-order valence-corrected chi connectivity index (χ4v) is 0.764. The monoisotopic (exact) mass is 192 g/mol. The van der Waals surface area contributed by atoms with Crippen LogP contribution in [0.3, 0.4) is 0 Å². The predicted molar refractivity (Wildman–Crippen MR) is 49.3 cm³/mol. The molecular formula is C8H5ClN4. The Hall–Kier alpha value is -1.73. The Balaban J connectivity index is 2.76. The molecule has 0 aliphatic carbocycles. The molecule has 4 nitrogen and oxygen atoms in total. The van der Waals surface area contributed by atoms with E-state index in [2.05, 4.69) is 10.2 Å². The second kappa shape index (κ2) is 4.33. The lowest BCUT2D eigenvalue weighted by atomic mass is 10.3. The molecule has 0 bridgehead atoms. The zero-order chi connectivity index (χ0) is 9.68. The van der Waals surface area contributed by atoms with Crippen molar-refractivity contribution in [1.82, 2.24) is 0 Å². The third-order valence-corrected chi connectivity index (χ3v) is 1.45. The molecule has 0 aliphatic heterocycles. The minimum Gasteiger partial charge on any atom is -0.272 e. The van der Waals surface area contributed by atoms with Crippen molar-refractivity contribution in [2.24, 2.45) is 10.2 Å². The summed E-state index contributed by atoms with van der Waals surface area (Å²) in [5.74, 6) is -0.421. The van der Waals surface area contributed by atoms with Gasteiger partial charge in [0.05, 0.1) is 5.69 Å². The first kappa shape index (κ1) is 9.36. The Bertz CT molecular complexity index is 374. The molecule has 13 heavy (non-hydrogen) atoms. The molecular weight excluding hydrogens is 188 g/mol. The first-order valence-corrected chi connectivity index (χ1v) is 3.76. The summed E-state index contributed by atoms with van der Waals surface area (Å²) in [6, 6.07) is 8.16. The molecule has 0 fully saturated rings. The summed E-state index contributed by atoms with van der Waals surface area (Å²) in [5, 5.41) is 22.7. The lowest BCUT2D eigenvalue weighted by Gasteiger charge is -1.90. The van der Waals surface area contributed by atoms with E-state index in [1.807, 2.05) is 0 Å². The smallest absolute Gasteiger partial charge is 0.245 e. The molecule has 1 aromatic carbocycles. The fourth-order valence-electron chi connectivity index (χ4n) is 0.638. The molecule has 0 amide bonds. The lowest BCUT2D eigenvalue weighted by molar-refractivity contribution is 1.25. The van der Waals surface area contributed by atoms with E-state index in [-0.39, 0.29) is 0 Å². The summed E-state index contributed by atoms with van der Waals surface area (Å²) in [5.41, 5.74) is 0.560. The van der Waals surface area contributed by atoms with E-state index in [1.54, 1.807) is 30.3 Å². The second-order valence-electron chi connectivity index (χ2n) is 2.14. The first-order valence-electron chi connectivity index (χ1n) is 3.38. The average Bonchev–Trinajstić information content (AvgIpc) is 2.16. The summed E-state index contributed by atoms with van der Waals surface area (Å²) in [4.78, 5) is 0. The van der Waals surface area contributed by atoms with Gasteiger partial charge in [0.2, 0.25) is 5.84 Å². The number of benzene rings is 1. The van der Waals surface area contributed by atoms with Gasteiger partial charge < -0.3 is 0 Å². The fraction of sp³-hybridized carbons (Fsp3) is 0. The number of hydrogen-bond donors (Lipinski definition) is 1. The minimum absolute atomic E-state index is 0.421. The molecule has 5 heteroatoms. The average molecular weight is 193 g/mol. The summed E-state index contributed by atoms with van der Waals surface area (Å²) >= 11 is 5.63. The van der Waals surface area contributed by atoms with Gasteiger partial charge in [-0.3, -0.25) is 5.41 Å². The molecule has 0 saturated carbocycles. The van der Waals surface area contributed by atoms with Crippen molar-refractivity contribution >= 4 is 23.1 Å². The van der Waals surface area contributed by atoms with Crippen LogP contribution in [0.4, 0.5) is 5.69 Å². The molecule has 1 aromatic rings. The van der Waals surface area contributed by atoms with Crippen LogP contribution in [0.2, 0.25) is 5.02 Å². The molecule has 0 aromatic heterocycles. The Morgan fingerprint density at radius 2 is 2.00 bits per heavy atom. The number of nitriles is 1. The largest absolute Gasteiger partial charge is 0.272 e. The molecule has 64 valence electrons. The number of azo groups is 1. The van der Waals surface area contributed by atoms with Crippen LogP contribution >= 0.6 is 11.6 Å². The molecule has 0 spiro atoms. The van der Waals surface area contributed by atoms with Crippen LogP contribution in [-0.2, 0) is 0 Å². The van der Waals surface area contributed by atoms with Gasteiger partial charge in [0.15, 0.2) is 0 Å². The number of nitrogens with zero attached hydrogens (tertiary/aromatic N) is 3. The van der Waals surface area contributed by atoms with Crippen LogP contribution in [-0.4, -0.2) is 5.84 Å². The van der Waals surface area contributed by atoms with E-state index in [9.17, 15) is 0 Å². The van der Waals surface area contributed by atoms with Crippen LogP contribution in [0.5, 0.6) is 0 Å². The molecule has 1 N–H and O–H groups in total. The summed E-state index contributed by atoms with van der Waals surface area (Å²) in [6.45, 7) is 0. The van der Waals surface area contributed by atoms with Crippen molar-refractivity contribution in [1.29, 1.82) is 10.7 Å².